The first-order valence-corrected chi connectivity index (χ1v) is 8.78. The molecule has 2 heterocycles. The molecule has 1 N–H and O–H groups in total. The highest BCUT2D eigenvalue weighted by Gasteiger charge is 2.21. The van der Waals surface area contributed by atoms with E-state index >= 15 is 0 Å². The van der Waals surface area contributed by atoms with Gasteiger partial charge < -0.3 is 10.2 Å². The van der Waals surface area contributed by atoms with Crippen LogP contribution in [0.2, 0.25) is 0 Å². The van der Waals surface area contributed by atoms with E-state index in [0.29, 0.717) is 4.88 Å². The van der Waals surface area contributed by atoms with Crippen molar-refractivity contribution in [2.45, 2.75) is 39.0 Å². The van der Waals surface area contributed by atoms with Crippen LogP contribution in [-0.4, -0.2) is 24.5 Å². The number of hydrogen-bond acceptors (Lipinski definition) is 4. The summed E-state index contributed by atoms with van der Waals surface area (Å²) < 4.78 is 0. The number of carbonyl (C=O) groups is 1. The summed E-state index contributed by atoms with van der Waals surface area (Å²) in [5.41, 5.74) is 3.40. The molecule has 3 rings (SSSR count). The van der Waals surface area contributed by atoms with Gasteiger partial charge in [-0.1, -0.05) is 20.8 Å². The average Bonchev–Trinajstić information content (AvgIpc) is 2.97. The van der Waals surface area contributed by atoms with Gasteiger partial charge in [0.15, 0.2) is 0 Å². The molecular formula is C18H23N3OS. The normalized spacial score (nSPS) is 14.5. The van der Waals surface area contributed by atoms with E-state index < -0.39 is 0 Å². The predicted octanol–water partition coefficient (Wildman–Crippen LogP) is 4.08. The molecule has 4 nitrogen and oxygen atoms in total. The number of aryl methyl sites for hydroxylation is 1. The fraction of sp³-hybridized carbons (Fsp3) is 0.444. The largest absolute Gasteiger partial charge is 0.374 e. The van der Waals surface area contributed by atoms with Gasteiger partial charge in [0.2, 0.25) is 0 Å². The van der Waals surface area contributed by atoms with Crippen LogP contribution in [0.1, 0.15) is 47.4 Å². The third-order valence-corrected chi connectivity index (χ3v) is 5.48. The lowest BCUT2D eigenvalue weighted by atomic mass is 9.98. The van der Waals surface area contributed by atoms with Crippen LogP contribution in [0.25, 0.3) is 0 Å². The highest BCUT2D eigenvalue weighted by atomic mass is 32.1. The third-order valence-electron chi connectivity index (χ3n) is 4.06. The summed E-state index contributed by atoms with van der Waals surface area (Å²) in [6.07, 6.45) is 3.90. The number of nitrogens with one attached hydrogen (secondary N) is 1. The van der Waals surface area contributed by atoms with Crippen molar-refractivity contribution in [3.63, 3.8) is 0 Å². The quantitative estimate of drug-likeness (QED) is 0.903. The molecule has 0 bridgehead atoms. The van der Waals surface area contributed by atoms with Gasteiger partial charge in [0.25, 0.3) is 5.91 Å². The van der Waals surface area contributed by atoms with E-state index in [-0.39, 0.29) is 11.3 Å². The smallest absolute Gasteiger partial charge is 0.267 e. The molecule has 0 saturated carbocycles. The number of fused-ring (bicyclic) bond motifs is 1. The second-order valence-electron chi connectivity index (χ2n) is 7.10. The molecule has 1 aliphatic rings. The van der Waals surface area contributed by atoms with Crippen molar-refractivity contribution >= 4 is 28.6 Å². The standard InChI is InChI=1S/C18H23N3OS/c1-18(2,3)17-19-11-15(23-17)16(22)20-13-7-8-14-12(10-13)6-5-9-21(14)4/h7-8,10-11H,5-6,9H2,1-4H3,(H,20,22). The molecule has 1 aliphatic heterocycles. The molecule has 0 spiro atoms. The van der Waals surface area contributed by atoms with Crippen LogP contribution in [0.5, 0.6) is 0 Å². The molecular weight excluding hydrogens is 306 g/mol. The van der Waals surface area contributed by atoms with Crippen molar-refractivity contribution in [2.75, 3.05) is 23.8 Å². The Morgan fingerprint density at radius 2 is 2.13 bits per heavy atom. The Morgan fingerprint density at radius 1 is 1.35 bits per heavy atom. The minimum atomic E-state index is -0.0814. The topological polar surface area (TPSA) is 45.2 Å². The van der Waals surface area contributed by atoms with Crippen molar-refractivity contribution in [2.24, 2.45) is 0 Å². The SMILES string of the molecule is CN1CCCc2cc(NC(=O)c3cnc(C(C)(C)C)s3)ccc21. The van der Waals surface area contributed by atoms with E-state index in [1.807, 2.05) is 6.07 Å². The fourth-order valence-corrected chi connectivity index (χ4v) is 3.65. The predicted molar refractivity (Wildman–Crippen MR) is 96.8 cm³/mol. The van der Waals surface area contributed by atoms with Gasteiger partial charge in [0.1, 0.15) is 4.88 Å². The van der Waals surface area contributed by atoms with E-state index in [2.05, 4.69) is 55.2 Å². The van der Waals surface area contributed by atoms with Gasteiger partial charge in [-0.25, -0.2) is 4.98 Å². The van der Waals surface area contributed by atoms with E-state index in [1.165, 1.54) is 22.6 Å². The number of benzene rings is 1. The molecule has 0 aliphatic carbocycles. The monoisotopic (exact) mass is 329 g/mol. The van der Waals surface area contributed by atoms with E-state index in [9.17, 15) is 4.79 Å². The van der Waals surface area contributed by atoms with Gasteiger partial charge in [-0.2, -0.15) is 0 Å². The first kappa shape index (κ1) is 16.0. The average molecular weight is 329 g/mol. The number of amides is 1. The zero-order valence-corrected chi connectivity index (χ0v) is 15.0. The minimum absolute atomic E-state index is 0.0282. The molecule has 0 saturated heterocycles. The third kappa shape index (κ3) is 3.39. The Morgan fingerprint density at radius 3 is 2.83 bits per heavy atom. The van der Waals surface area contributed by atoms with Gasteiger partial charge in [-0.15, -0.1) is 11.3 Å². The van der Waals surface area contributed by atoms with E-state index in [0.717, 1.165) is 30.1 Å². The lowest BCUT2D eigenvalue weighted by Crippen LogP contribution is -2.24. The highest BCUT2D eigenvalue weighted by molar-refractivity contribution is 7.13. The minimum Gasteiger partial charge on any atom is -0.374 e. The Kier molecular flexibility index (Phi) is 4.15. The van der Waals surface area contributed by atoms with Crippen molar-refractivity contribution in [3.05, 3.63) is 39.8 Å². The zero-order chi connectivity index (χ0) is 16.6. The van der Waals surface area contributed by atoms with Crippen LogP contribution in [0, 0.1) is 0 Å². The molecule has 2 aromatic rings. The van der Waals surface area contributed by atoms with Crippen LogP contribution >= 0.6 is 11.3 Å². The molecule has 1 aromatic carbocycles. The first-order valence-electron chi connectivity index (χ1n) is 7.96. The summed E-state index contributed by atoms with van der Waals surface area (Å²) >= 11 is 1.46. The Balaban J connectivity index is 1.77. The van der Waals surface area contributed by atoms with Crippen molar-refractivity contribution in [3.8, 4) is 0 Å². The summed E-state index contributed by atoms with van der Waals surface area (Å²) in [4.78, 5) is 19.7. The second-order valence-corrected chi connectivity index (χ2v) is 8.13. The van der Waals surface area contributed by atoms with Crippen LogP contribution in [0.15, 0.2) is 24.4 Å². The highest BCUT2D eigenvalue weighted by Crippen LogP contribution is 2.30. The Hall–Kier alpha value is -1.88. The summed E-state index contributed by atoms with van der Waals surface area (Å²) in [6.45, 7) is 7.41. The lowest BCUT2D eigenvalue weighted by Gasteiger charge is -2.27. The van der Waals surface area contributed by atoms with E-state index in [4.69, 9.17) is 0 Å². The lowest BCUT2D eigenvalue weighted by molar-refractivity contribution is 0.103. The van der Waals surface area contributed by atoms with Gasteiger partial charge in [-0.3, -0.25) is 4.79 Å². The van der Waals surface area contributed by atoms with Crippen molar-refractivity contribution < 1.29 is 4.79 Å². The van der Waals surface area contributed by atoms with Crippen molar-refractivity contribution in [1.82, 2.24) is 4.98 Å². The molecule has 0 atom stereocenters. The summed E-state index contributed by atoms with van der Waals surface area (Å²) in [7, 11) is 2.11. The maximum atomic E-state index is 12.4. The van der Waals surface area contributed by atoms with Gasteiger partial charge in [0, 0.05) is 30.4 Å². The summed E-state index contributed by atoms with van der Waals surface area (Å²) in [6, 6.07) is 6.16. The van der Waals surface area contributed by atoms with Crippen molar-refractivity contribution in [1.29, 1.82) is 0 Å². The maximum Gasteiger partial charge on any atom is 0.267 e. The molecule has 122 valence electrons. The Bertz CT molecular complexity index is 730. The summed E-state index contributed by atoms with van der Waals surface area (Å²) in [5, 5.41) is 3.98. The van der Waals surface area contributed by atoms with Gasteiger partial charge >= 0.3 is 0 Å². The van der Waals surface area contributed by atoms with Gasteiger partial charge in [-0.05, 0) is 36.6 Å². The molecule has 5 heteroatoms. The van der Waals surface area contributed by atoms with E-state index in [1.54, 1.807) is 6.20 Å². The Labute approximate surface area is 141 Å². The fourth-order valence-electron chi connectivity index (χ4n) is 2.78. The first-order chi connectivity index (χ1) is 10.8. The molecule has 0 fully saturated rings. The van der Waals surface area contributed by atoms with Gasteiger partial charge in [0.05, 0.1) is 11.2 Å². The number of carbonyl (C=O) groups excluding carboxylic acids is 1. The number of thiazole rings is 1. The maximum absolute atomic E-state index is 12.4. The van der Waals surface area contributed by atoms with Crippen LogP contribution in [0.4, 0.5) is 11.4 Å². The zero-order valence-electron chi connectivity index (χ0n) is 14.1. The number of nitrogens with zero attached hydrogens (tertiary/aromatic N) is 2. The second kappa shape index (κ2) is 5.96. The molecule has 1 aromatic heterocycles. The molecule has 0 unspecified atom stereocenters. The number of aromatic nitrogens is 1. The summed E-state index contributed by atoms with van der Waals surface area (Å²) in [5.74, 6) is -0.0814. The molecule has 1 amide bonds. The number of anilines is 2. The van der Waals surface area contributed by atoms with Crippen LogP contribution < -0.4 is 10.2 Å². The molecule has 23 heavy (non-hydrogen) atoms. The molecule has 0 radical (unpaired) electrons. The number of rotatable bonds is 2. The number of hydrogen-bond donors (Lipinski definition) is 1. The van der Waals surface area contributed by atoms with Crippen LogP contribution in [0.3, 0.4) is 0 Å². The van der Waals surface area contributed by atoms with Crippen LogP contribution in [-0.2, 0) is 11.8 Å².